The van der Waals surface area contributed by atoms with Crippen LogP contribution in [0.4, 0.5) is 0 Å². The molecule has 150 valence electrons. The molecular formula is C21H22N4O3S. The van der Waals surface area contributed by atoms with Crippen LogP contribution in [0, 0.1) is 11.5 Å². The van der Waals surface area contributed by atoms with E-state index < -0.39 is 9.84 Å². The molecule has 0 amide bonds. The summed E-state index contributed by atoms with van der Waals surface area (Å²) in [5.74, 6) is 0.762. The highest BCUT2D eigenvalue weighted by Gasteiger charge is 2.18. The van der Waals surface area contributed by atoms with E-state index in [0.717, 1.165) is 48.2 Å². The zero-order valence-electron chi connectivity index (χ0n) is 16.2. The Morgan fingerprint density at radius 3 is 2.66 bits per heavy atom. The van der Waals surface area contributed by atoms with Gasteiger partial charge in [0.25, 0.3) is 0 Å². The molecule has 4 rings (SSSR count). The summed E-state index contributed by atoms with van der Waals surface area (Å²) in [5, 5.41) is 9.76. The largest absolute Gasteiger partial charge is 0.373 e. The average molecular weight is 410 g/mol. The van der Waals surface area contributed by atoms with Gasteiger partial charge in [-0.25, -0.2) is 13.4 Å². The number of hydrogen-bond donors (Lipinski definition) is 0. The molecule has 1 aliphatic heterocycles. The first-order valence-corrected chi connectivity index (χ1v) is 11.4. The van der Waals surface area contributed by atoms with E-state index in [-0.39, 0.29) is 6.10 Å². The number of benzene rings is 1. The van der Waals surface area contributed by atoms with Crippen LogP contribution in [-0.2, 0) is 21.2 Å². The molecule has 0 bridgehead atoms. The Balaban J connectivity index is 1.45. The maximum atomic E-state index is 11.8. The molecule has 0 unspecified atom stereocenters. The summed E-state index contributed by atoms with van der Waals surface area (Å²) in [4.78, 5) is 6.61. The fraction of sp³-hybridized carbons (Fsp3) is 0.333. The molecule has 2 aromatic heterocycles. The van der Waals surface area contributed by atoms with Crippen LogP contribution in [-0.4, -0.2) is 48.3 Å². The maximum absolute atomic E-state index is 11.8. The zero-order chi connectivity index (χ0) is 20.4. The molecule has 0 spiro atoms. The number of rotatable bonds is 5. The van der Waals surface area contributed by atoms with E-state index in [9.17, 15) is 8.42 Å². The lowest BCUT2D eigenvalue weighted by Crippen LogP contribution is -2.33. The Morgan fingerprint density at radius 1 is 1.21 bits per heavy atom. The van der Waals surface area contributed by atoms with E-state index in [0.29, 0.717) is 11.5 Å². The second kappa shape index (κ2) is 7.85. The van der Waals surface area contributed by atoms with Crippen molar-refractivity contribution < 1.29 is 13.2 Å². The lowest BCUT2D eigenvalue weighted by molar-refractivity contribution is 0.00649. The van der Waals surface area contributed by atoms with Crippen LogP contribution in [0.1, 0.15) is 18.4 Å². The third-order valence-corrected chi connectivity index (χ3v) is 6.33. The minimum Gasteiger partial charge on any atom is -0.373 e. The first-order chi connectivity index (χ1) is 13.9. The number of nitriles is 1. The van der Waals surface area contributed by atoms with Gasteiger partial charge in [-0.15, -0.1) is 0 Å². The van der Waals surface area contributed by atoms with Crippen molar-refractivity contribution in [2.75, 3.05) is 19.3 Å². The number of hydrogen-bond acceptors (Lipinski definition) is 6. The fourth-order valence-electron chi connectivity index (χ4n) is 3.53. The predicted molar refractivity (Wildman–Crippen MR) is 109 cm³/mol. The van der Waals surface area contributed by atoms with Crippen molar-refractivity contribution in [1.82, 2.24) is 14.5 Å². The highest BCUT2D eigenvalue weighted by atomic mass is 32.2. The zero-order valence-corrected chi connectivity index (χ0v) is 17.0. The Bertz CT molecular complexity index is 1150. The van der Waals surface area contributed by atoms with E-state index in [1.54, 1.807) is 29.3 Å². The molecule has 0 atom stereocenters. The number of pyridine rings is 1. The maximum Gasteiger partial charge on any atom is 0.179 e. The summed E-state index contributed by atoms with van der Waals surface area (Å²) >= 11 is 0. The summed E-state index contributed by atoms with van der Waals surface area (Å²) in [6.07, 6.45) is 8.98. The van der Waals surface area contributed by atoms with Crippen LogP contribution in [0.5, 0.6) is 0 Å². The Morgan fingerprint density at radius 2 is 2.00 bits per heavy atom. The molecule has 1 aromatic carbocycles. The third kappa shape index (κ3) is 4.26. The van der Waals surface area contributed by atoms with Crippen LogP contribution in [0.2, 0.25) is 0 Å². The van der Waals surface area contributed by atoms with Crippen molar-refractivity contribution in [1.29, 1.82) is 5.26 Å². The van der Waals surface area contributed by atoms with Gasteiger partial charge in [0.05, 0.1) is 23.1 Å². The van der Waals surface area contributed by atoms with Gasteiger partial charge in [-0.3, -0.25) is 0 Å². The van der Waals surface area contributed by atoms with Crippen LogP contribution >= 0.6 is 0 Å². The van der Waals surface area contributed by atoms with Crippen molar-refractivity contribution in [2.45, 2.75) is 30.4 Å². The summed E-state index contributed by atoms with van der Waals surface area (Å²) in [5.41, 5.74) is 1.89. The number of fused-ring (bicyclic) bond motifs is 1. The quantitative estimate of drug-likeness (QED) is 0.601. The minimum atomic E-state index is -3.23. The number of ether oxygens (including phenoxy) is 1. The lowest BCUT2D eigenvalue weighted by atomic mass is 10.1. The molecule has 8 heteroatoms. The highest BCUT2D eigenvalue weighted by Crippen LogP contribution is 2.23. The van der Waals surface area contributed by atoms with E-state index in [1.165, 1.54) is 6.26 Å². The number of sulfone groups is 1. The molecular weight excluding hydrogens is 388 g/mol. The van der Waals surface area contributed by atoms with Gasteiger partial charge in [-0.1, -0.05) is 6.07 Å². The monoisotopic (exact) mass is 410 g/mol. The van der Waals surface area contributed by atoms with E-state index in [4.69, 9.17) is 10.00 Å². The van der Waals surface area contributed by atoms with Gasteiger partial charge in [-0.2, -0.15) is 5.26 Å². The standard InChI is InChI=1S/C21H22N4O3S/c1-29(26,27)19-3-4-20-17(12-19)6-11-25(20)21-5-2-16(13-23-21)14-28-18-7-9-24(15-22)10-8-18/h2-6,11-13,18H,7-10,14H2,1H3. The second-order valence-corrected chi connectivity index (χ2v) is 9.32. The van der Waals surface area contributed by atoms with Crippen molar-refractivity contribution in [3.05, 3.63) is 54.4 Å². The first-order valence-electron chi connectivity index (χ1n) is 9.47. The molecule has 1 aliphatic rings. The SMILES string of the molecule is CS(=O)(=O)c1ccc2c(ccn2-c2ccc(COC3CCN(C#N)CC3)cn2)c1. The Kier molecular flexibility index (Phi) is 5.26. The Labute approximate surface area is 170 Å². The van der Waals surface area contributed by atoms with Crippen molar-refractivity contribution in [2.24, 2.45) is 0 Å². The van der Waals surface area contributed by atoms with Gasteiger partial charge in [0.2, 0.25) is 0 Å². The second-order valence-electron chi connectivity index (χ2n) is 7.30. The van der Waals surface area contributed by atoms with Crippen LogP contribution in [0.25, 0.3) is 16.7 Å². The number of nitrogens with zero attached hydrogens (tertiary/aromatic N) is 4. The van der Waals surface area contributed by atoms with E-state index in [1.807, 2.05) is 29.0 Å². The fourth-order valence-corrected chi connectivity index (χ4v) is 4.19. The molecule has 29 heavy (non-hydrogen) atoms. The molecule has 0 radical (unpaired) electrons. The molecule has 3 heterocycles. The van der Waals surface area contributed by atoms with Gasteiger partial charge in [0.1, 0.15) is 5.82 Å². The van der Waals surface area contributed by atoms with Gasteiger partial charge in [0, 0.05) is 37.1 Å². The molecule has 0 N–H and O–H groups in total. The predicted octanol–water partition coefficient (Wildman–Crippen LogP) is 2.89. The Hall–Kier alpha value is -2.89. The molecule has 1 fully saturated rings. The third-order valence-electron chi connectivity index (χ3n) is 5.21. The van der Waals surface area contributed by atoms with Crippen molar-refractivity contribution in [3.8, 4) is 12.0 Å². The normalized spacial score (nSPS) is 15.5. The molecule has 7 nitrogen and oxygen atoms in total. The number of aromatic nitrogens is 2. The van der Waals surface area contributed by atoms with Gasteiger partial charge < -0.3 is 14.2 Å². The van der Waals surface area contributed by atoms with E-state index in [2.05, 4.69) is 11.2 Å². The number of piperidine rings is 1. The summed E-state index contributed by atoms with van der Waals surface area (Å²) in [6, 6.07) is 10.9. The highest BCUT2D eigenvalue weighted by molar-refractivity contribution is 7.90. The molecule has 0 saturated carbocycles. The van der Waals surface area contributed by atoms with E-state index >= 15 is 0 Å². The van der Waals surface area contributed by atoms with Crippen LogP contribution in [0.3, 0.4) is 0 Å². The molecule has 0 aliphatic carbocycles. The van der Waals surface area contributed by atoms with Crippen LogP contribution < -0.4 is 0 Å². The van der Waals surface area contributed by atoms with Crippen LogP contribution in [0.15, 0.2) is 53.7 Å². The average Bonchev–Trinajstić information content (AvgIpc) is 3.16. The molecule has 1 saturated heterocycles. The lowest BCUT2D eigenvalue weighted by Gasteiger charge is -2.28. The van der Waals surface area contributed by atoms with Crippen molar-refractivity contribution in [3.63, 3.8) is 0 Å². The summed E-state index contributed by atoms with van der Waals surface area (Å²) in [7, 11) is -3.23. The van der Waals surface area contributed by atoms with Gasteiger partial charge in [-0.05, 0) is 48.7 Å². The topological polar surface area (TPSA) is 88.2 Å². The number of likely N-dealkylation sites (tertiary alicyclic amines) is 1. The van der Waals surface area contributed by atoms with Gasteiger partial charge >= 0.3 is 0 Å². The first kappa shape index (κ1) is 19.4. The summed E-state index contributed by atoms with van der Waals surface area (Å²) < 4.78 is 31.4. The minimum absolute atomic E-state index is 0.178. The van der Waals surface area contributed by atoms with Crippen molar-refractivity contribution >= 4 is 20.7 Å². The molecule has 3 aromatic rings. The van der Waals surface area contributed by atoms with Gasteiger partial charge in [0.15, 0.2) is 16.0 Å². The smallest absolute Gasteiger partial charge is 0.179 e. The summed E-state index contributed by atoms with van der Waals surface area (Å²) in [6.45, 7) is 1.99.